The fraction of sp³-hybridized carbons (Fsp3) is 0.263. The molecule has 2 aromatic carbocycles. The van der Waals surface area contributed by atoms with Crippen LogP contribution in [0, 0.1) is 23.0 Å². The Kier molecular flexibility index (Phi) is 3.18. The van der Waals surface area contributed by atoms with E-state index in [9.17, 15) is 10.1 Å². The van der Waals surface area contributed by atoms with Crippen LogP contribution < -0.4 is 5.32 Å². The molecule has 1 aliphatic carbocycles. The monoisotopic (exact) mass is 306 g/mol. The van der Waals surface area contributed by atoms with Gasteiger partial charge in [0.2, 0.25) is 0 Å². The molecule has 1 aliphatic heterocycles. The van der Waals surface area contributed by atoms with Crippen molar-refractivity contribution < 1.29 is 4.92 Å². The van der Waals surface area contributed by atoms with Crippen molar-refractivity contribution in [1.82, 2.24) is 0 Å². The highest BCUT2D eigenvalue weighted by Gasteiger charge is 2.38. The lowest BCUT2D eigenvalue weighted by Gasteiger charge is -2.37. The zero-order valence-corrected chi connectivity index (χ0v) is 12.9. The van der Waals surface area contributed by atoms with Crippen molar-refractivity contribution >= 4 is 11.4 Å². The van der Waals surface area contributed by atoms with Gasteiger partial charge in [0.15, 0.2) is 0 Å². The quantitative estimate of drug-likeness (QED) is 0.496. The van der Waals surface area contributed by atoms with Crippen molar-refractivity contribution in [3.8, 4) is 0 Å². The summed E-state index contributed by atoms with van der Waals surface area (Å²) in [5, 5.41) is 14.7. The van der Waals surface area contributed by atoms with Crippen LogP contribution in [-0.2, 0) is 0 Å². The van der Waals surface area contributed by atoms with Crippen molar-refractivity contribution in [2.24, 2.45) is 5.92 Å². The highest BCUT2D eigenvalue weighted by molar-refractivity contribution is 5.62. The Morgan fingerprint density at radius 3 is 2.70 bits per heavy atom. The SMILES string of the molecule is Cc1ccc([C@H]2Nc3ccc([N+](=O)[O-])cc3[C@H]3C=CC[C@@H]32)cc1. The maximum Gasteiger partial charge on any atom is 0.269 e. The highest BCUT2D eigenvalue weighted by atomic mass is 16.6. The summed E-state index contributed by atoms with van der Waals surface area (Å²) in [6.45, 7) is 2.09. The molecule has 4 heteroatoms. The predicted octanol–water partition coefficient (Wildman–Crippen LogP) is 4.73. The van der Waals surface area contributed by atoms with Gasteiger partial charge in [-0.25, -0.2) is 0 Å². The average molecular weight is 306 g/mol. The van der Waals surface area contributed by atoms with E-state index in [2.05, 4.69) is 48.7 Å². The number of allylic oxidation sites excluding steroid dienone is 2. The number of nitrogens with one attached hydrogen (secondary N) is 1. The van der Waals surface area contributed by atoms with Gasteiger partial charge in [-0.1, -0.05) is 42.0 Å². The fourth-order valence-corrected chi connectivity index (χ4v) is 3.80. The van der Waals surface area contributed by atoms with Crippen LogP contribution in [-0.4, -0.2) is 4.92 Å². The number of anilines is 1. The van der Waals surface area contributed by atoms with E-state index in [0.717, 1.165) is 17.7 Å². The van der Waals surface area contributed by atoms with Crippen LogP contribution in [0.1, 0.15) is 35.1 Å². The van der Waals surface area contributed by atoms with Crippen LogP contribution >= 0.6 is 0 Å². The molecular formula is C19H18N2O2. The summed E-state index contributed by atoms with van der Waals surface area (Å²) in [4.78, 5) is 10.7. The van der Waals surface area contributed by atoms with E-state index in [1.165, 1.54) is 11.1 Å². The highest BCUT2D eigenvalue weighted by Crippen LogP contribution is 2.50. The van der Waals surface area contributed by atoms with Crippen LogP contribution in [0.15, 0.2) is 54.6 Å². The lowest BCUT2D eigenvalue weighted by atomic mass is 9.77. The van der Waals surface area contributed by atoms with Crippen molar-refractivity contribution in [3.05, 3.63) is 81.4 Å². The summed E-state index contributed by atoms with van der Waals surface area (Å²) < 4.78 is 0. The van der Waals surface area contributed by atoms with Gasteiger partial charge in [0, 0.05) is 23.7 Å². The largest absolute Gasteiger partial charge is 0.378 e. The molecule has 2 aromatic rings. The first-order chi connectivity index (χ1) is 11.1. The maximum atomic E-state index is 11.1. The summed E-state index contributed by atoms with van der Waals surface area (Å²) in [7, 11) is 0. The van der Waals surface area contributed by atoms with E-state index in [0.29, 0.717) is 5.92 Å². The Hall–Kier alpha value is -2.62. The molecule has 0 saturated heterocycles. The molecule has 0 saturated carbocycles. The molecule has 0 fully saturated rings. The number of non-ortho nitro benzene ring substituents is 1. The Bertz CT molecular complexity index is 796. The van der Waals surface area contributed by atoms with Crippen LogP contribution in [0.25, 0.3) is 0 Å². The molecule has 0 radical (unpaired) electrons. The maximum absolute atomic E-state index is 11.1. The van der Waals surface area contributed by atoms with E-state index in [1.807, 2.05) is 6.07 Å². The third-order valence-corrected chi connectivity index (χ3v) is 4.99. The molecule has 1 N–H and O–H groups in total. The Balaban J connectivity index is 1.77. The molecule has 4 nitrogen and oxygen atoms in total. The first-order valence-electron chi connectivity index (χ1n) is 7.91. The van der Waals surface area contributed by atoms with Gasteiger partial charge in [-0.15, -0.1) is 0 Å². The zero-order valence-electron chi connectivity index (χ0n) is 12.9. The molecule has 0 unspecified atom stereocenters. The van der Waals surface area contributed by atoms with Gasteiger partial charge in [0.05, 0.1) is 11.0 Å². The Morgan fingerprint density at radius 1 is 1.17 bits per heavy atom. The molecule has 4 rings (SSSR count). The van der Waals surface area contributed by atoms with Gasteiger partial charge < -0.3 is 5.32 Å². The summed E-state index contributed by atoms with van der Waals surface area (Å²) in [6, 6.07) is 14.0. The second-order valence-corrected chi connectivity index (χ2v) is 6.41. The molecule has 2 aliphatic rings. The first-order valence-corrected chi connectivity index (χ1v) is 7.91. The summed E-state index contributed by atoms with van der Waals surface area (Å²) >= 11 is 0. The molecule has 116 valence electrons. The van der Waals surface area contributed by atoms with Gasteiger partial charge in [-0.3, -0.25) is 10.1 Å². The normalized spacial score (nSPS) is 24.7. The molecule has 0 spiro atoms. The van der Waals surface area contributed by atoms with Gasteiger partial charge >= 0.3 is 0 Å². The van der Waals surface area contributed by atoms with E-state index in [1.54, 1.807) is 12.1 Å². The summed E-state index contributed by atoms with van der Waals surface area (Å²) in [5.74, 6) is 0.657. The lowest BCUT2D eigenvalue weighted by molar-refractivity contribution is -0.384. The molecule has 0 aromatic heterocycles. The van der Waals surface area contributed by atoms with Gasteiger partial charge in [-0.05, 0) is 36.5 Å². The zero-order chi connectivity index (χ0) is 16.0. The summed E-state index contributed by atoms with van der Waals surface area (Å²) in [6.07, 6.45) is 5.40. The lowest BCUT2D eigenvalue weighted by Crippen LogP contribution is -2.29. The molecule has 1 heterocycles. The van der Waals surface area contributed by atoms with E-state index >= 15 is 0 Å². The van der Waals surface area contributed by atoms with Crippen LogP contribution in [0.3, 0.4) is 0 Å². The first kappa shape index (κ1) is 14.0. The van der Waals surface area contributed by atoms with Crippen molar-refractivity contribution in [2.45, 2.75) is 25.3 Å². The third kappa shape index (κ3) is 2.31. The topological polar surface area (TPSA) is 55.2 Å². The number of rotatable bonds is 2. The van der Waals surface area contributed by atoms with Crippen molar-refractivity contribution in [1.29, 1.82) is 0 Å². The third-order valence-electron chi connectivity index (χ3n) is 4.99. The molecule has 23 heavy (non-hydrogen) atoms. The minimum absolute atomic E-state index is 0.165. The van der Waals surface area contributed by atoms with Crippen LogP contribution in [0.2, 0.25) is 0 Å². The number of aryl methyl sites for hydroxylation is 1. The van der Waals surface area contributed by atoms with Gasteiger partial charge in [0.25, 0.3) is 5.69 Å². The molecule has 3 atom stereocenters. The Morgan fingerprint density at radius 2 is 1.96 bits per heavy atom. The Labute approximate surface area is 135 Å². The molecular weight excluding hydrogens is 288 g/mol. The number of hydrogen-bond acceptors (Lipinski definition) is 3. The minimum Gasteiger partial charge on any atom is -0.378 e. The number of hydrogen-bond donors (Lipinski definition) is 1. The molecule has 0 bridgehead atoms. The van der Waals surface area contributed by atoms with Crippen molar-refractivity contribution in [3.63, 3.8) is 0 Å². The van der Waals surface area contributed by atoms with E-state index in [4.69, 9.17) is 0 Å². The van der Waals surface area contributed by atoms with Gasteiger partial charge in [-0.2, -0.15) is 0 Å². The smallest absolute Gasteiger partial charge is 0.269 e. The fourth-order valence-electron chi connectivity index (χ4n) is 3.80. The number of benzene rings is 2. The minimum atomic E-state index is -0.319. The second-order valence-electron chi connectivity index (χ2n) is 6.41. The summed E-state index contributed by atoms with van der Waals surface area (Å²) in [5.41, 5.74) is 4.74. The van der Waals surface area contributed by atoms with E-state index < -0.39 is 0 Å². The van der Waals surface area contributed by atoms with Crippen molar-refractivity contribution in [2.75, 3.05) is 5.32 Å². The number of fused-ring (bicyclic) bond motifs is 3. The average Bonchev–Trinajstić information content (AvgIpc) is 3.04. The van der Waals surface area contributed by atoms with E-state index in [-0.39, 0.29) is 22.6 Å². The van der Waals surface area contributed by atoms with Gasteiger partial charge in [0.1, 0.15) is 0 Å². The standard InChI is InChI=1S/C19H18N2O2/c1-12-5-7-13(8-6-12)19-16-4-2-3-15(16)17-11-14(21(22)23)9-10-18(17)20-19/h2-3,5-11,15-16,19-20H,4H2,1H3/t15-,16-,19+/m0/s1. The number of nitrogens with zero attached hydrogens (tertiary/aromatic N) is 1. The molecule has 0 amide bonds. The number of nitro benzene ring substituents is 1. The van der Waals surface area contributed by atoms with Crippen LogP contribution in [0.4, 0.5) is 11.4 Å². The second kappa shape index (κ2) is 5.23. The van der Waals surface area contributed by atoms with Crippen LogP contribution in [0.5, 0.6) is 0 Å². The number of nitro groups is 1. The predicted molar refractivity (Wildman–Crippen MR) is 90.6 cm³/mol.